The summed E-state index contributed by atoms with van der Waals surface area (Å²) in [6, 6.07) is 3.80. The van der Waals surface area contributed by atoms with Crippen LogP contribution in [0.1, 0.15) is 29.5 Å². The van der Waals surface area contributed by atoms with E-state index in [1.807, 2.05) is 19.9 Å². The number of hydrogen-bond acceptors (Lipinski definition) is 3. The molecule has 19 heavy (non-hydrogen) atoms. The van der Waals surface area contributed by atoms with Crippen molar-refractivity contribution in [2.45, 2.75) is 39.3 Å². The maximum Gasteiger partial charge on any atom is 0.320 e. The van der Waals surface area contributed by atoms with Crippen LogP contribution < -0.4 is 4.74 Å². The Morgan fingerprint density at radius 2 is 2.16 bits per heavy atom. The van der Waals surface area contributed by atoms with E-state index in [9.17, 15) is 9.90 Å². The largest absolute Gasteiger partial charge is 0.496 e. The molecule has 2 rings (SSSR count). The average Bonchev–Trinajstić information content (AvgIpc) is 2.81. The van der Waals surface area contributed by atoms with Crippen LogP contribution in [0.5, 0.6) is 5.75 Å². The number of carboxylic acids is 1. The Kier molecular flexibility index (Phi) is 4.10. The summed E-state index contributed by atoms with van der Waals surface area (Å²) in [4.78, 5) is 13.2. The van der Waals surface area contributed by atoms with Gasteiger partial charge in [0.2, 0.25) is 0 Å². The lowest BCUT2D eigenvalue weighted by atomic mass is 10.0. The van der Waals surface area contributed by atoms with Gasteiger partial charge in [-0.2, -0.15) is 0 Å². The molecule has 0 amide bonds. The van der Waals surface area contributed by atoms with Crippen molar-refractivity contribution in [2.75, 3.05) is 13.7 Å². The van der Waals surface area contributed by atoms with Gasteiger partial charge < -0.3 is 9.84 Å². The average molecular weight is 263 g/mol. The second kappa shape index (κ2) is 5.61. The van der Waals surface area contributed by atoms with Crippen molar-refractivity contribution in [3.05, 3.63) is 28.8 Å². The van der Waals surface area contributed by atoms with Gasteiger partial charge >= 0.3 is 5.97 Å². The molecule has 1 saturated heterocycles. The summed E-state index contributed by atoms with van der Waals surface area (Å²) < 4.78 is 5.30. The second-order valence-electron chi connectivity index (χ2n) is 5.22. The van der Waals surface area contributed by atoms with Gasteiger partial charge in [0.25, 0.3) is 0 Å². The molecule has 1 aromatic rings. The van der Waals surface area contributed by atoms with Crippen molar-refractivity contribution in [1.29, 1.82) is 0 Å². The molecule has 0 saturated carbocycles. The normalized spacial score (nSPS) is 19.6. The number of aliphatic carboxylic acids is 1. The van der Waals surface area contributed by atoms with Gasteiger partial charge in [0, 0.05) is 6.54 Å². The highest BCUT2D eigenvalue weighted by atomic mass is 16.5. The lowest BCUT2D eigenvalue weighted by molar-refractivity contribution is -0.142. The maximum absolute atomic E-state index is 11.2. The molecule has 0 spiro atoms. The Hall–Kier alpha value is -1.55. The van der Waals surface area contributed by atoms with Crippen LogP contribution in [-0.4, -0.2) is 35.7 Å². The van der Waals surface area contributed by atoms with E-state index < -0.39 is 5.97 Å². The smallest absolute Gasteiger partial charge is 0.320 e. The third-order valence-electron chi connectivity index (χ3n) is 3.88. The van der Waals surface area contributed by atoms with Crippen LogP contribution in [0.2, 0.25) is 0 Å². The minimum Gasteiger partial charge on any atom is -0.496 e. The molecule has 0 aliphatic carbocycles. The highest BCUT2D eigenvalue weighted by Crippen LogP contribution is 2.26. The summed E-state index contributed by atoms with van der Waals surface area (Å²) in [7, 11) is 1.67. The Morgan fingerprint density at radius 1 is 1.42 bits per heavy atom. The van der Waals surface area contributed by atoms with Gasteiger partial charge in [-0.3, -0.25) is 9.69 Å². The molecule has 1 aliphatic rings. The van der Waals surface area contributed by atoms with E-state index in [4.69, 9.17) is 4.74 Å². The van der Waals surface area contributed by atoms with Gasteiger partial charge in [-0.05, 0) is 56.0 Å². The summed E-state index contributed by atoms with van der Waals surface area (Å²) in [6.45, 7) is 5.62. The molecule has 0 radical (unpaired) electrons. The molecule has 1 atom stereocenters. The lowest BCUT2D eigenvalue weighted by Gasteiger charge is -2.22. The van der Waals surface area contributed by atoms with E-state index in [0.717, 1.165) is 36.3 Å². The number of rotatable bonds is 4. The van der Waals surface area contributed by atoms with Crippen molar-refractivity contribution in [1.82, 2.24) is 4.90 Å². The third-order valence-corrected chi connectivity index (χ3v) is 3.88. The van der Waals surface area contributed by atoms with Gasteiger partial charge in [0.05, 0.1) is 7.11 Å². The van der Waals surface area contributed by atoms with E-state index in [2.05, 4.69) is 11.0 Å². The van der Waals surface area contributed by atoms with Crippen LogP contribution in [0, 0.1) is 13.8 Å². The topological polar surface area (TPSA) is 49.8 Å². The Labute approximate surface area is 114 Å². The lowest BCUT2D eigenvalue weighted by Crippen LogP contribution is -2.35. The monoisotopic (exact) mass is 263 g/mol. The van der Waals surface area contributed by atoms with Crippen molar-refractivity contribution in [3.8, 4) is 5.75 Å². The van der Waals surface area contributed by atoms with E-state index in [-0.39, 0.29) is 6.04 Å². The van der Waals surface area contributed by atoms with Crippen LogP contribution >= 0.6 is 0 Å². The molecule has 1 heterocycles. The fourth-order valence-corrected chi connectivity index (χ4v) is 2.75. The first-order valence-corrected chi connectivity index (χ1v) is 6.64. The summed E-state index contributed by atoms with van der Waals surface area (Å²) in [6.07, 6.45) is 1.72. The van der Waals surface area contributed by atoms with E-state index >= 15 is 0 Å². The van der Waals surface area contributed by atoms with Crippen molar-refractivity contribution in [3.63, 3.8) is 0 Å². The number of benzene rings is 1. The summed E-state index contributed by atoms with van der Waals surface area (Å²) in [5.41, 5.74) is 3.43. The summed E-state index contributed by atoms with van der Waals surface area (Å²) in [5, 5.41) is 9.21. The number of methoxy groups -OCH3 is 1. The highest BCUT2D eigenvalue weighted by molar-refractivity contribution is 5.73. The van der Waals surface area contributed by atoms with Crippen LogP contribution in [0.15, 0.2) is 12.1 Å². The predicted molar refractivity (Wildman–Crippen MR) is 73.5 cm³/mol. The Balaban J connectivity index is 2.19. The first-order chi connectivity index (χ1) is 9.02. The number of carboxylic acid groups (broad SMARTS) is 1. The first-order valence-electron chi connectivity index (χ1n) is 6.64. The number of likely N-dealkylation sites (tertiary alicyclic amines) is 1. The molecule has 1 N–H and O–H groups in total. The number of aryl methyl sites for hydroxylation is 2. The van der Waals surface area contributed by atoms with Gasteiger partial charge in [-0.15, -0.1) is 0 Å². The van der Waals surface area contributed by atoms with Crippen LogP contribution in [-0.2, 0) is 11.3 Å². The van der Waals surface area contributed by atoms with E-state index in [1.165, 1.54) is 5.56 Å². The minimum atomic E-state index is -0.708. The van der Waals surface area contributed by atoms with Crippen molar-refractivity contribution < 1.29 is 14.6 Å². The van der Waals surface area contributed by atoms with Crippen LogP contribution in [0.25, 0.3) is 0 Å². The molecule has 0 aromatic heterocycles. The number of hydrogen-bond donors (Lipinski definition) is 1. The highest BCUT2D eigenvalue weighted by Gasteiger charge is 2.30. The molecular weight excluding hydrogens is 242 g/mol. The number of ether oxygens (including phenoxy) is 1. The second-order valence-corrected chi connectivity index (χ2v) is 5.22. The van der Waals surface area contributed by atoms with Crippen molar-refractivity contribution >= 4 is 5.97 Å². The molecule has 1 aliphatic heterocycles. The van der Waals surface area contributed by atoms with Gasteiger partial charge in [0.1, 0.15) is 11.8 Å². The summed E-state index contributed by atoms with van der Waals surface area (Å²) in [5.74, 6) is 0.179. The molecular formula is C15H21NO3. The van der Waals surface area contributed by atoms with Gasteiger partial charge in [-0.25, -0.2) is 0 Å². The van der Waals surface area contributed by atoms with E-state index in [0.29, 0.717) is 6.54 Å². The first kappa shape index (κ1) is 13.9. The van der Waals surface area contributed by atoms with Crippen LogP contribution in [0.3, 0.4) is 0 Å². The Bertz CT molecular complexity index is 485. The third kappa shape index (κ3) is 2.89. The molecule has 1 unspecified atom stereocenters. The SMILES string of the molecule is COc1cc(C)c(CN2CCCC2C(=O)O)cc1C. The fraction of sp³-hybridized carbons (Fsp3) is 0.533. The quantitative estimate of drug-likeness (QED) is 0.906. The number of nitrogens with zero attached hydrogens (tertiary/aromatic N) is 1. The fourth-order valence-electron chi connectivity index (χ4n) is 2.75. The molecule has 1 aromatic carbocycles. The number of carbonyl (C=O) groups is 1. The molecule has 1 fully saturated rings. The molecule has 4 nitrogen and oxygen atoms in total. The zero-order chi connectivity index (χ0) is 14.0. The van der Waals surface area contributed by atoms with Gasteiger partial charge in [-0.1, -0.05) is 6.07 Å². The van der Waals surface area contributed by atoms with E-state index in [1.54, 1.807) is 7.11 Å². The molecule has 104 valence electrons. The maximum atomic E-state index is 11.2. The van der Waals surface area contributed by atoms with Crippen LogP contribution in [0.4, 0.5) is 0 Å². The minimum absolute atomic E-state index is 0.332. The standard InChI is InChI=1S/C15H21NO3/c1-10-8-14(19-3)11(2)7-12(10)9-16-6-4-5-13(16)15(17)18/h7-8,13H,4-6,9H2,1-3H3,(H,17,18). The zero-order valence-electron chi connectivity index (χ0n) is 11.8. The summed E-state index contributed by atoms with van der Waals surface area (Å²) >= 11 is 0. The van der Waals surface area contributed by atoms with Gasteiger partial charge in [0.15, 0.2) is 0 Å². The Morgan fingerprint density at radius 3 is 2.79 bits per heavy atom. The molecule has 4 heteroatoms. The zero-order valence-corrected chi connectivity index (χ0v) is 11.8. The predicted octanol–water partition coefficient (Wildman–Crippen LogP) is 2.36. The molecule has 0 bridgehead atoms. The van der Waals surface area contributed by atoms with Crippen molar-refractivity contribution in [2.24, 2.45) is 0 Å².